The van der Waals surface area contributed by atoms with Crippen molar-refractivity contribution in [1.29, 1.82) is 0 Å². The third-order valence-corrected chi connectivity index (χ3v) is 14.1. The molecule has 362 valence electrons. The molecule has 12 aromatic rings. The van der Waals surface area contributed by atoms with Gasteiger partial charge in [0.25, 0.3) is 0 Å². The summed E-state index contributed by atoms with van der Waals surface area (Å²) in [6.07, 6.45) is -0.871. The Labute approximate surface area is 446 Å². The molecule has 0 aromatic heterocycles. The van der Waals surface area contributed by atoms with Gasteiger partial charge in [0.1, 0.15) is 23.7 Å². The van der Waals surface area contributed by atoms with Gasteiger partial charge in [-0.15, -0.1) is 0 Å². The maximum Gasteiger partial charge on any atom is 0.149 e. The summed E-state index contributed by atoms with van der Waals surface area (Å²) in [5.74, 6) is 1.58. The molecule has 0 saturated carbocycles. The number of rotatable bonds is 15. The summed E-state index contributed by atoms with van der Waals surface area (Å²) in [6, 6.07) is 112. The second-order valence-electron chi connectivity index (χ2n) is 18.9. The van der Waals surface area contributed by atoms with Crippen molar-refractivity contribution < 1.29 is 9.47 Å². The maximum atomic E-state index is 7.84. The smallest absolute Gasteiger partial charge is 0.149 e. The molecular weight excluding hydrogens is 921 g/mol. The normalized spacial score (nSPS) is 11.1. The highest BCUT2D eigenvalue weighted by atomic mass is 16.5. The van der Waals surface area contributed by atoms with Gasteiger partial charge >= 0.3 is 0 Å². The number of hydrogen-bond donors (Lipinski definition) is 0. The van der Waals surface area contributed by atoms with Crippen LogP contribution in [0, 0.1) is 0 Å². The van der Waals surface area contributed by atoms with Crippen molar-refractivity contribution in [3.05, 3.63) is 338 Å². The van der Waals surface area contributed by atoms with Gasteiger partial charge in [-0.3, -0.25) is 0 Å². The first-order chi connectivity index (χ1) is 37.8. The van der Waals surface area contributed by atoms with Crippen molar-refractivity contribution in [2.75, 3.05) is 0 Å². The number of ether oxygens (including phenoxy) is 2. The second kappa shape index (κ2) is 22.2. The van der Waals surface area contributed by atoms with Crippen LogP contribution in [0.15, 0.2) is 315 Å². The van der Waals surface area contributed by atoms with Crippen LogP contribution in [0.1, 0.15) is 34.5 Å². The summed E-state index contributed by atoms with van der Waals surface area (Å²) < 4.78 is 15.7. The van der Waals surface area contributed by atoms with Gasteiger partial charge < -0.3 is 9.47 Å². The molecule has 2 heteroatoms. The fourth-order valence-electron chi connectivity index (χ4n) is 10.6. The summed E-state index contributed by atoms with van der Waals surface area (Å²) in [4.78, 5) is 0. The first kappa shape index (κ1) is 47.3. The second-order valence-corrected chi connectivity index (χ2v) is 18.9. The zero-order valence-corrected chi connectivity index (χ0v) is 42.0. The molecule has 0 amide bonds. The van der Waals surface area contributed by atoms with E-state index < -0.39 is 12.2 Å². The molecule has 0 unspecified atom stereocenters. The summed E-state index contributed by atoms with van der Waals surface area (Å²) >= 11 is 0. The zero-order chi connectivity index (χ0) is 50.9. The first-order valence-corrected chi connectivity index (χ1v) is 26.0. The lowest BCUT2D eigenvalue weighted by Crippen LogP contribution is -2.12. The monoisotopic (exact) mass is 974 g/mol. The largest absolute Gasteiger partial charge is 0.480 e. The lowest BCUT2D eigenvalue weighted by molar-refractivity contribution is 0.249. The lowest BCUT2D eigenvalue weighted by atomic mass is 9.78. The summed E-state index contributed by atoms with van der Waals surface area (Å²) in [5.41, 5.74) is 18.7. The Morgan fingerprint density at radius 2 is 0.382 bits per heavy atom. The van der Waals surface area contributed by atoms with Crippen molar-refractivity contribution in [2.24, 2.45) is 0 Å². The molecule has 0 radical (unpaired) electrons. The van der Waals surface area contributed by atoms with Crippen molar-refractivity contribution >= 4 is 0 Å². The molecule has 0 aliphatic carbocycles. The van der Waals surface area contributed by atoms with E-state index in [1.165, 1.54) is 0 Å². The standard InChI is InChI=1S/C74H54O2/c1-11-31-53(32-12-1)63-51-65(67(55-35-15-3-16-36-55)69(57-39-19-5-20-40-57)73(63)75-71(59-43-23-7-24-44-59)60-45-25-8-26-46-60)66-52-64(54-33-13-2-14-34-54)74(76-72(61-47-27-9-28-48-61)62-49-29-10-30-50-62)70(58-41-21-6-22-42-58)68(66)56-37-17-4-18-38-56/h1-52,71-72H. The fourth-order valence-corrected chi connectivity index (χ4v) is 10.6. The highest BCUT2D eigenvalue weighted by Crippen LogP contribution is 2.57. The van der Waals surface area contributed by atoms with E-state index in [0.29, 0.717) is 0 Å². The summed E-state index contributed by atoms with van der Waals surface area (Å²) in [6.45, 7) is 0. The zero-order valence-electron chi connectivity index (χ0n) is 42.0. The van der Waals surface area contributed by atoms with Gasteiger partial charge in [-0.05, 0) is 78.9 Å². The Bertz CT molecular complexity index is 3460. The molecule has 0 bridgehead atoms. The number of hydrogen-bond acceptors (Lipinski definition) is 2. The molecule has 76 heavy (non-hydrogen) atoms. The Morgan fingerprint density at radius 3 is 0.618 bits per heavy atom. The van der Waals surface area contributed by atoms with Crippen LogP contribution in [-0.4, -0.2) is 0 Å². The molecule has 0 aliphatic rings. The average molecular weight is 975 g/mol. The quantitative estimate of drug-likeness (QED) is 0.102. The Kier molecular flexibility index (Phi) is 13.8. The molecule has 0 spiro atoms. The Morgan fingerprint density at radius 1 is 0.184 bits per heavy atom. The van der Waals surface area contributed by atoms with Gasteiger partial charge in [0, 0.05) is 33.4 Å². The van der Waals surface area contributed by atoms with Crippen LogP contribution >= 0.6 is 0 Å². The maximum absolute atomic E-state index is 7.84. The molecule has 2 nitrogen and oxygen atoms in total. The molecule has 0 aliphatic heterocycles. The van der Waals surface area contributed by atoms with Crippen LogP contribution in [0.2, 0.25) is 0 Å². The lowest BCUT2D eigenvalue weighted by Gasteiger charge is -2.30. The summed E-state index contributed by atoms with van der Waals surface area (Å²) in [5, 5.41) is 0. The Hall–Kier alpha value is -9.76. The van der Waals surface area contributed by atoms with E-state index in [0.717, 1.165) is 112 Å². The van der Waals surface area contributed by atoms with E-state index in [-0.39, 0.29) is 0 Å². The molecule has 0 saturated heterocycles. The third-order valence-electron chi connectivity index (χ3n) is 14.1. The topological polar surface area (TPSA) is 18.5 Å². The molecular formula is C74H54O2. The van der Waals surface area contributed by atoms with Gasteiger partial charge in [-0.2, -0.15) is 0 Å². The van der Waals surface area contributed by atoms with E-state index in [2.05, 4.69) is 315 Å². The molecule has 0 atom stereocenters. The van der Waals surface area contributed by atoms with Crippen LogP contribution in [-0.2, 0) is 0 Å². The van der Waals surface area contributed by atoms with E-state index >= 15 is 0 Å². The van der Waals surface area contributed by atoms with E-state index in [1.807, 2.05) is 0 Å². The highest BCUT2D eigenvalue weighted by molar-refractivity contribution is 6.09. The van der Waals surface area contributed by atoms with Crippen molar-refractivity contribution in [1.82, 2.24) is 0 Å². The van der Waals surface area contributed by atoms with Crippen LogP contribution in [0.3, 0.4) is 0 Å². The van der Waals surface area contributed by atoms with Gasteiger partial charge in [-0.1, -0.05) is 303 Å². The van der Waals surface area contributed by atoms with Gasteiger partial charge in [0.2, 0.25) is 0 Å². The van der Waals surface area contributed by atoms with E-state index in [4.69, 9.17) is 9.47 Å². The molecule has 0 fully saturated rings. The van der Waals surface area contributed by atoms with Crippen molar-refractivity contribution in [3.63, 3.8) is 0 Å². The van der Waals surface area contributed by atoms with E-state index in [9.17, 15) is 0 Å². The molecule has 12 aromatic carbocycles. The fraction of sp³-hybridized carbons (Fsp3) is 0.0270. The minimum atomic E-state index is -0.436. The van der Waals surface area contributed by atoms with Crippen LogP contribution in [0.5, 0.6) is 11.5 Å². The van der Waals surface area contributed by atoms with Crippen molar-refractivity contribution in [3.8, 4) is 89.4 Å². The van der Waals surface area contributed by atoms with Gasteiger partial charge in [0.15, 0.2) is 0 Å². The van der Waals surface area contributed by atoms with Gasteiger partial charge in [0.05, 0.1) is 0 Å². The average Bonchev–Trinajstić information content (AvgIpc) is 3.57. The van der Waals surface area contributed by atoms with Crippen LogP contribution in [0.4, 0.5) is 0 Å². The molecule has 0 heterocycles. The van der Waals surface area contributed by atoms with Crippen molar-refractivity contribution in [2.45, 2.75) is 12.2 Å². The predicted molar refractivity (Wildman–Crippen MR) is 315 cm³/mol. The Balaban J connectivity index is 1.26. The van der Waals surface area contributed by atoms with E-state index in [1.54, 1.807) is 0 Å². The van der Waals surface area contributed by atoms with Gasteiger partial charge in [-0.25, -0.2) is 0 Å². The molecule has 0 N–H and O–H groups in total. The van der Waals surface area contributed by atoms with Crippen LogP contribution in [0.25, 0.3) is 77.9 Å². The minimum absolute atomic E-state index is 0.436. The number of benzene rings is 12. The van der Waals surface area contributed by atoms with Crippen LogP contribution < -0.4 is 9.47 Å². The molecule has 12 rings (SSSR count). The minimum Gasteiger partial charge on any atom is -0.480 e. The first-order valence-electron chi connectivity index (χ1n) is 26.0. The highest BCUT2D eigenvalue weighted by Gasteiger charge is 2.32. The predicted octanol–water partition coefficient (Wildman–Crippen LogP) is 19.7. The SMILES string of the molecule is c1ccc(-c2cc(-c3cc(-c4ccccc4)c(OC(c4ccccc4)c4ccccc4)c(-c4ccccc4)c3-c3ccccc3)c(-c3ccccc3)c(-c3ccccc3)c2OC(c2ccccc2)c2ccccc2)cc1. The summed E-state index contributed by atoms with van der Waals surface area (Å²) in [7, 11) is 0. The third kappa shape index (κ3) is 9.76.